The third kappa shape index (κ3) is 3.69. The van der Waals surface area contributed by atoms with Gasteiger partial charge in [-0.25, -0.2) is 4.98 Å². The first kappa shape index (κ1) is 18.7. The quantitative estimate of drug-likeness (QED) is 0.612. The summed E-state index contributed by atoms with van der Waals surface area (Å²) in [5.74, 6) is -0.359. The van der Waals surface area contributed by atoms with E-state index in [9.17, 15) is 9.59 Å². The van der Waals surface area contributed by atoms with E-state index in [0.717, 1.165) is 30.2 Å². The molecule has 28 heavy (non-hydrogen) atoms. The second-order valence-corrected chi connectivity index (χ2v) is 8.64. The van der Waals surface area contributed by atoms with Gasteiger partial charge in [0.25, 0.3) is 11.8 Å². The average molecular weight is 445 g/mol. The first-order chi connectivity index (χ1) is 13.3. The van der Waals surface area contributed by atoms with Crippen LogP contribution in [0.2, 0.25) is 0 Å². The number of nitrogen functional groups attached to an aromatic ring is 1. The van der Waals surface area contributed by atoms with Crippen LogP contribution in [0, 0.1) is 5.41 Å². The number of primary amides is 1. The lowest BCUT2D eigenvalue weighted by atomic mass is 9.53. The monoisotopic (exact) mass is 444 g/mol. The summed E-state index contributed by atoms with van der Waals surface area (Å²) in [7, 11) is 0. The minimum Gasteiger partial charge on any atom is -0.474 e. The second kappa shape index (κ2) is 7.09. The van der Waals surface area contributed by atoms with Crippen LogP contribution in [0.4, 0.5) is 5.69 Å². The molecule has 2 amide bonds. The number of anilines is 1. The van der Waals surface area contributed by atoms with Gasteiger partial charge in [-0.15, -0.1) is 0 Å². The number of nitrogens with zero attached hydrogens (tertiary/aromatic N) is 1. The number of ether oxygens (including phenoxy) is 1. The number of nitrogens with two attached hydrogens (primary N) is 2. The topological polar surface area (TPSA) is 120 Å². The molecule has 7 nitrogen and oxygen atoms in total. The molecule has 0 bridgehead atoms. The standard InChI is InChI=1S/C20H21BrN4O3/c21-12-4-11(5-13(22)6-12)18(27)25-14-7-20(8-14)9-15(10-20)28-19-16(17(23)26)2-1-3-24-19/h1-6,14-15H,7-10,22H2,(H2,23,26)(H,25,27). The van der Waals surface area contributed by atoms with Crippen LogP contribution >= 0.6 is 15.9 Å². The Hall–Kier alpha value is -2.61. The predicted octanol–water partition coefficient (Wildman–Crippen LogP) is 2.65. The molecule has 1 heterocycles. The van der Waals surface area contributed by atoms with E-state index in [4.69, 9.17) is 16.2 Å². The molecule has 4 rings (SSSR count). The van der Waals surface area contributed by atoms with Gasteiger partial charge < -0.3 is 21.5 Å². The number of benzene rings is 1. The Morgan fingerprint density at radius 1 is 1.21 bits per heavy atom. The Morgan fingerprint density at radius 3 is 2.64 bits per heavy atom. The lowest BCUT2D eigenvalue weighted by Gasteiger charge is -2.57. The summed E-state index contributed by atoms with van der Waals surface area (Å²) in [5, 5.41) is 3.07. The van der Waals surface area contributed by atoms with Crippen LogP contribution < -0.4 is 21.5 Å². The second-order valence-electron chi connectivity index (χ2n) is 7.72. The Bertz CT molecular complexity index is 915. The molecule has 0 saturated heterocycles. The van der Waals surface area contributed by atoms with Gasteiger partial charge >= 0.3 is 0 Å². The molecule has 1 aromatic heterocycles. The minimum atomic E-state index is -0.545. The summed E-state index contributed by atoms with van der Waals surface area (Å²) in [6.45, 7) is 0. The Labute approximate surface area is 171 Å². The van der Waals surface area contributed by atoms with Crippen molar-refractivity contribution in [2.24, 2.45) is 11.1 Å². The van der Waals surface area contributed by atoms with Crippen molar-refractivity contribution < 1.29 is 14.3 Å². The number of pyridine rings is 1. The van der Waals surface area contributed by atoms with Crippen LogP contribution in [0.3, 0.4) is 0 Å². The summed E-state index contributed by atoms with van der Waals surface area (Å²) in [6, 6.07) is 8.62. The molecular weight excluding hydrogens is 424 g/mol. The zero-order valence-electron chi connectivity index (χ0n) is 15.2. The fourth-order valence-electron chi connectivity index (χ4n) is 4.25. The van der Waals surface area contributed by atoms with Crippen molar-refractivity contribution in [1.82, 2.24) is 10.3 Å². The van der Waals surface area contributed by atoms with E-state index in [0.29, 0.717) is 22.7 Å². The van der Waals surface area contributed by atoms with Crippen LogP contribution in [0.1, 0.15) is 46.4 Å². The van der Waals surface area contributed by atoms with Gasteiger partial charge in [0.2, 0.25) is 5.88 Å². The maximum atomic E-state index is 12.4. The molecular formula is C20H21BrN4O3. The highest BCUT2D eigenvalue weighted by molar-refractivity contribution is 9.10. The van der Waals surface area contributed by atoms with Crippen LogP contribution in [0.15, 0.2) is 41.0 Å². The molecule has 0 radical (unpaired) electrons. The van der Waals surface area contributed by atoms with Crippen LogP contribution in [-0.4, -0.2) is 28.9 Å². The molecule has 1 aromatic carbocycles. The van der Waals surface area contributed by atoms with Crippen molar-refractivity contribution in [3.63, 3.8) is 0 Å². The van der Waals surface area contributed by atoms with Gasteiger partial charge in [-0.05, 0) is 61.4 Å². The molecule has 1 spiro atoms. The molecule has 0 unspecified atom stereocenters. The highest BCUT2D eigenvalue weighted by Gasteiger charge is 2.54. The Morgan fingerprint density at radius 2 is 1.96 bits per heavy atom. The average Bonchev–Trinajstić information content (AvgIpc) is 2.57. The molecule has 2 aliphatic carbocycles. The van der Waals surface area contributed by atoms with Gasteiger partial charge in [-0.2, -0.15) is 0 Å². The largest absolute Gasteiger partial charge is 0.474 e. The molecule has 8 heteroatoms. The minimum absolute atomic E-state index is 0.0227. The number of hydrogen-bond donors (Lipinski definition) is 3. The normalized spacial score (nSPS) is 25.5. The van der Waals surface area contributed by atoms with Gasteiger partial charge in [0.05, 0.1) is 0 Å². The number of carbonyl (C=O) groups excluding carboxylic acids is 2. The fourth-order valence-corrected chi connectivity index (χ4v) is 4.76. The molecule has 0 aliphatic heterocycles. The maximum absolute atomic E-state index is 12.4. The third-order valence-electron chi connectivity index (χ3n) is 5.51. The SMILES string of the molecule is NC(=O)c1cccnc1OC1CC2(CC(NC(=O)c3cc(N)cc(Br)c3)C2)C1. The van der Waals surface area contributed by atoms with E-state index < -0.39 is 5.91 Å². The smallest absolute Gasteiger partial charge is 0.254 e. The van der Waals surface area contributed by atoms with Gasteiger partial charge in [-0.1, -0.05) is 15.9 Å². The van der Waals surface area contributed by atoms with Gasteiger partial charge in [0, 0.05) is 28.0 Å². The van der Waals surface area contributed by atoms with Crippen molar-refractivity contribution in [3.05, 3.63) is 52.1 Å². The highest BCUT2D eigenvalue weighted by Crippen LogP contribution is 2.56. The summed E-state index contributed by atoms with van der Waals surface area (Å²) in [4.78, 5) is 28.0. The summed E-state index contributed by atoms with van der Waals surface area (Å²) >= 11 is 3.36. The first-order valence-electron chi connectivity index (χ1n) is 9.12. The zero-order chi connectivity index (χ0) is 19.9. The van der Waals surface area contributed by atoms with E-state index in [2.05, 4.69) is 26.2 Å². The number of halogens is 1. The molecule has 2 saturated carbocycles. The fraction of sp³-hybridized carbons (Fsp3) is 0.350. The number of rotatable bonds is 5. The first-order valence-corrected chi connectivity index (χ1v) is 9.91. The van der Waals surface area contributed by atoms with Crippen molar-refractivity contribution in [2.45, 2.75) is 37.8 Å². The molecule has 2 aromatic rings. The van der Waals surface area contributed by atoms with Crippen LogP contribution in [0.5, 0.6) is 5.88 Å². The summed E-state index contributed by atoms with van der Waals surface area (Å²) in [5.41, 5.74) is 12.8. The van der Waals surface area contributed by atoms with Crippen molar-refractivity contribution in [3.8, 4) is 5.88 Å². The third-order valence-corrected chi connectivity index (χ3v) is 5.97. The Kier molecular flexibility index (Phi) is 4.74. The number of nitrogens with one attached hydrogen (secondary N) is 1. The van der Waals surface area contributed by atoms with E-state index in [-0.39, 0.29) is 23.5 Å². The number of aromatic nitrogens is 1. The number of amides is 2. The van der Waals surface area contributed by atoms with Gasteiger partial charge in [0.15, 0.2) is 0 Å². The van der Waals surface area contributed by atoms with Gasteiger partial charge in [-0.3, -0.25) is 9.59 Å². The van der Waals surface area contributed by atoms with E-state index >= 15 is 0 Å². The van der Waals surface area contributed by atoms with E-state index in [1.54, 1.807) is 36.5 Å². The molecule has 2 aliphatic rings. The Balaban J connectivity index is 1.28. The maximum Gasteiger partial charge on any atom is 0.254 e. The van der Waals surface area contributed by atoms with E-state index in [1.165, 1.54) is 0 Å². The van der Waals surface area contributed by atoms with E-state index in [1.807, 2.05) is 0 Å². The number of carbonyl (C=O) groups is 2. The molecule has 2 fully saturated rings. The van der Waals surface area contributed by atoms with Crippen molar-refractivity contribution in [1.29, 1.82) is 0 Å². The lowest BCUT2D eigenvalue weighted by molar-refractivity contribution is -0.0848. The summed E-state index contributed by atoms with van der Waals surface area (Å²) in [6.07, 6.45) is 5.23. The molecule has 0 atom stereocenters. The van der Waals surface area contributed by atoms with Crippen LogP contribution in [0.25, 0.3) is 0 Å². The van der Waals surface area contributed by atoms with Gasteiger partial charge in [0.1, 0.15) is 11.7 Å². The summed E-state index contributed by atoms with van der Waals surface area (Å²) < 4.78 is 6.65. The lowest BCUT2D eigenvalue weighted by Crippen LogP contribution is -2.58. The zero-order valence-corrected chi connectivity index (χ0v) is 16.7. The number of hydrogen-bond acceptors (Lipinski definition) is 5. The van der Waals surface area contributed by atoms with Crippen molar-refractivity contribution >= 4 is 33.4 Å². The van der Waals surface area contributed by atoms with Crippen molar-refractivity contribution in [2.75, 3.05) is 5.73 Å². The molecule has 5 N–H and O–H groups in total. The molecule has 146 valence electrons. The predicted molar refractivity (Wildman–Crippen MR) is 108 cm³/mol. The highest BCUT2D eigenvalue weighted by atomic mass is 79.9. The van der Waals surface area contributed by atoms with Crippen LogP contribution in [-0.2, 0) is 0 Å².